The Bertz CT molecular complexity index is 1130. The first-order chi connectivity index (χ1) is 14.1. The van der Waals surface area contributed by atoms with Crippen LogP contribution in [0.2, 0.25) is 0 Å². The maximum Gasteiger partial charge on any atom is 0.335 e. The van der Waals surface area contributed by atoms with Crippen LogP contribution in [0.15, 0.2) is 54.7 Å². The molecule has 2 heterocycles. The van der Waals surface area contributed by atoms with Crippen molar-refractivity contribution >= 4 is 28.5 Å². The molecule has 3 aromatic rings. The van der Waals surface area contributed by atoms with E-state index in [-0.39, 0.29) is 11.3 Å². The predicted molar refractivity (Wildman–Crippen MR) is 112 cm³/mol. The number of amides is 1. The first-order valence-electron chi connectivity index (χ1n) is 10.1. The molecule has 1 aliphatic carbocycles. The molecule has 2 aromatic carbocycles. The van der Waals surface area contributed by atoms with Crippen molar-refractivity contribution in [3.05, 3.63) is 71.4 Å². The van der Waals surface area contributed by atoms with Gasteiger partial charge in [0.05, 0.1) is 11.1 Å². The molecule has 1 spiro atoms. The van der Waals surface area contributed by atoms with E-state index in [1.807, 2.05) is 41.3 Å². The summed E-state index contributed by atoms with van der Waals surface area (Å²) in [5, 5.41) is 10.4. The van der Waals surface area contributed by atoms with Crippen LogP contribution in [0.4, 0.5) is 5.69 Å². The number of aromatic carboxylic acids is 1. The lowest BCUT2D eigenvalue weighted by Crippen LogP contribution is -2.38. The minimum atomic E-state index is -0.925. The van der Waals surface area contributed by atoms with E-state index in [0.717, 1.165) is 47.8 Å². The van der Waals surface area contributed by atoms with Gasteiger partial charge in [0, 0.05) is 34.8 Å². The van der Waals surface area contributed by atoms with Crippen molar-refractivity contribution in [1.82, 2.24) is 4.98 Å². The number of nitrogens with zero attached hydrogens (tertiary/aromatic N) is 2. The Hall–Kier alpha value is -3.21. The minimum absolute atomic E-state index is 0.0393. The molecule has 5 rings (SSSR count). The molecule has 146 valence electrons. The number of fused-ring (bicyclic) bond motifs is 3. The van der Waals surface area contributed by atoms with Gasteiger partial charge < -0.3 is 10.0 Å². The van der Waals surface area contributed by atoms with E-state index in [1.165, 1.54) is 6.42 Å². The van der Waals surface area contributed by atoms with Gasteiger partial charge >= 0.3 is 5.97 Å². The van der Waals surface area contributed by atoms with Crippen molar-refractivity contribution in [3.8, 4) is 0 Å². The van der Waals surface area contributed by atoms with Gasteiger partial charge in [0.15, 0.2) is 0 Å². The number of carboxylic acid groups (broad SMARTS) is 1. The number of anilines is 1. The fourth-order valence-electron chi connectivity index (χ4n) is 5.00. The van der Waals surface area contributed by atoms with E-state index in [4.69, 9.17) is 0 Å². The van der Waals surface area contributed by atoms with Crippen LogP contribution in [0.3, 0.4) is 0 Å². The van der Waals surface area contributed by atoms with Crippen molar-refractivity contribution in [2.75, 3.05) is 11.4 Å². The smallest absolute Gasteiger partial charge is 0.335 e. The quantitative estimate of drug-likeness (QED) is 0.687. The predicted octanol–water partition coefficient (Wildman–Crippen LogP) is 4.80. The molecular weight excluding hydrogens is 364 g/mol. The summed E-state index contributed by atoms with van der Waals surface area (Å²) >= 11 is 0. The van der Waals surface area contributed by atoms with Crippen LogP contribution >= 0.6 is 0 Å². The third-order valence-electron chi connectivity index (χ3n) is 6.47. The maximum atomic E-state index is 13.5. The highest BCUT2D eigenvalue weighted by molar-refractivity contribution is 6.09. The van der Waals surface area contributed by atoms with E-state index >= 15 is 0 Å². The molecule has 1 saturated carbocycles. The van der Waals surface area contributed by atoms with E-state index in [9.17, 15) is 14.7 Å². The summed E-state index contributed by atoms with van der Waals surface area (Å²) in [6.07, 6.45) is 7.15. The number of hydrogen-bond donors (Lipinski definition) is 1. The Morgan fingerprint density at radius 1 is 0.966 bits per heavy atom. The van der Waals surface area contributed by atoms with Gasteiger partial charge in [-0.2, -0.15) is 0 Å². The molecule has 1 aliphatic heterocycles. The van der Waals surface area contributed by atoms with Gasteiger partial charge in [0.1, 0.15) is 0 Å². The molecule has 1 amide bonds. The van der Waals surface area contributed by atoms with E-state index < -0.39 is 5.97 Å². The van der Waals surface area contributed by atoms with Gasteiger partial charge in [0.2, 0.25) is 0 Å². The number of aromatic nitrogens is 1. The monoisotopic (exact) mass is 386 g/mol. The lowest BCUT2D eigenvalue weighted by atomic mass is 9.70. The van der Waals surface area contributed by atoms with Crippen LogP contribution in [0.5, 0.6) is 0 Å². The standard InChI is InChI=1S/C24H22N2O3/c27-22(17-6-8-20-16(13-17)5-4-12-25-20)26-15-24(10-2-1-3-11-24)19-14-18(23(28)29)7-9-21(19)26/h4-9,12-14H,1-3,10-11,15H2,(H,28,29). The van der Waals surface area contributed by atoms with Gasteiger partial charge in [-0.25, -0.2) is 4.79 Å². The van der Waals surface area contributed by atoms with Gasteiger partial charge in [-0.15, -0.1) is 0 Å². The van der Waals surface area contributed by atoms with Crippen LogP contribution in [0.25, 0.3) is 10.9 Å². The van der Waals surface area contributed by atoms with Crippen molar-refractivity contribution in [2.24, 2.45) is 0 Å². The molecule has 1 N–H and O–H groups in total. The number of rotatable bonds is 2. The lowest BCUT2D eigenvalue weighted by Gasteiger charge is -2.34. The summed E-state index contributed by atoms with van der Waals surface area (Å²) < 4.78 is 0. The van der Waals surface area contributed by atoms with Crippen molar-refractivity contribution in [1.29, 1.82) is 0 Å². The van der Waals surface area contributed by atoms with E-state index in [0.29, 0.717) is 17.7 Å². The Labute approximate surface area is 169 Å². The average molecular weight is 386 g/mol. The topological polar surface area (TPSA) is 70.5 Å². The fourth-order valence-corrected chi connectivity index (χ4v) is 5.00. The number of carboxylic acids is 1. The highest BCUT2D eigenvalue weighted by Crippen LogP contribution is 2.49. The average Bonchev–Trinajstić information content (AvgIpc) is 3.06. The Morgan fingerprint density at radius 2 is 1.76 bits per heavy atom. The summed E-state index contributed by atoms with van der Waals surface area (Å²) in [5.74, 6) is -0.965. The number of carbonyl (C=O) groups is 2. The molecule has 1 fully saturated rings. The van der Waals surface area contributed by atoms with Crippen LogP contribution < -0.4 is 4.90 Å². The summed E-state index contributed by atoms with van der Waals surface area (Å²) in [7, 11) is 0. The van der Waals surface area contributed by atoms with E-state index in [1.54, 1.807) is 18.3 Å². The lowest BCUT2D eigenvalue weighted by molar-refractivity contribution is 0.0696. The molecule has 0 bridgehead atoms. The molecule has 0 atom stereocenters. The van der Waals surface area contributed by atoms with Crippen LogP contribution in [0, 0.1) is 0 Å². The highest BCUT2D eigenvalue weighted by Gasteiger charge is 2.45. The van der Waals surface area contributed by atoms with Crippen molar-refractivity contribution in [2.45, 2.75) is 37.5 Å². The molecule has 1 aromatic heterocycles. The second-order valence-electron chi connectivity index (χ2n) is 8.18. The third-order valence-corrected chi connectivity index (χ3v) is 6.47. The van der Waals surface area contributed by atoms with Crippen molar-refractivity contribution in [3.63, 3.8) is 0 Å². The molecule has 2 aliphatic rings. The zero-order valence-corrected chi connectivity index (χ0v) is 16.1. The van der Waals surface area contributed by atoms with Crippen LogP contribution in [-0.2, 0) is 5.41 Å². The number of hydrogen-bond acceptors (Lipinski definition) is 3. The third kappa shape index (κ3) is 2.89. The summed E-state index contributed by atoms with van der Waals surface area (Å²) in [5.41, 5.74) is 3.53. The fraction of sp³-hybridized carbons (Fsp3) is 0.292. The molecule has 29 heavy (non-hydrogen) atoms. The van der Waals surface area contributed by atoms with Gasteiger partial charge in [-0.05, 0) is 60.9 Å². The minimum Gasteiger partial charge on any atom is -0.478 e. The Morgan fingerprint density at radius 3 is 2.55 bits per heavy atom. The molecule has 5 nitrogen and oxygen atoms in total. The molecule has 0 radical (unpaired) electrons. The summed E-state index contributed by atoms with van der Waals surface area (Å²) in [6, 6.07) is 14.6. The second-order valence-corrected chi connectivity index (χ2v) is 8.18. The largest absolute Gasteiger partial charge is 0.478 e. The van der Waals surface area contributed by atoms with Crippen molar-refractivity contribution < 1.29 is 14.7 Å². The molecule has 0 unspecified atom stereocenters. The summed E-state index contributed by atoms with van der Waals surface area (Å²) in [4.78, 5) is 31.2. The van der Waals surface area contributed by atoms with Gasteiger partial charge in [-0.1, -0.05) is 25.3 Å². The number of pyridine rings is 1. The maximum absolute atomic E-state index is 13.5. The molecule has 5 heteroatoms. The first-order valence-corrected chi connectivity index (χ1v) is 10.1. The van der Waals surface area contributed by atoms with Gasteiger partial charge in [-0.3, -0.25) is 9.78 Å². The summed E-state index contributed by atoms with van der Waals surface area (Å²) in [6.45, 7) is 0.620. The van der Waals surface area contributed by atoms with Crippen LogP contribution in [-0.4, -0.2) is 28.5 Å². The van der Waals surface area contributed by atoms with Gasteiger partial charge in [0.25, 0.3) is 5.91 Å². The number of benzene rings is 2. The second kappa shape index (κ2) is 6.69. The molecular formula is C24H22N2O3. The zero-order valence-electron chi connectivity index (χ0n) is 16.1. The Balaban J connectivity index is 1.58. The van der Waals surface area contributed by atoms with Crippen LogP contribution in [0.1, 0.15) is 58.4 Å². The van der Waals surface area contributed by atoms with E-state index in [2.05, 4.69) is 4.98 Å². The number of carbonyl (C=O) groups excluding carboxylic acids is 1. The normalized spacial score (nSPS) is 17.4. The SMILES string of the molecule is O=C(O)c1ccc2c(c1)C1(CCCCC1)CN2C(=O)c1ccc2ncccc2c1. The molecule has 0 saturated heterocycles. The first kappa shape index (κ1) is 17.9. The highest BCUT2D eigenvalue weighted by atomic mass is 16.4. The Kier molecular flexibility index (Phi) is 4.12. The zero-order chi connectivity index (χ0) is 20.0.